The van der Waals surface area contributed by atoms with E-state index < -0.39 is 17.8 Å². The largest absolute Gasteiger partial charge is 0.492 e. The van der Waals surface area contributed by atoms with Gasteiger partial charge >= 0.3 is 12.2 Å². The highest BCUT2D eigenvalue weighted by Crippen LogP contribution is 2.35. The monoisotopic (exact) mass is 308 g/mol. The van der Waals surface area contributed by atoms with Gasteiger partial charge in [-0.2, -0.15) is 13.2 Å². The predicted molar refractivity (Wildman–Crippen MR) is 66.6 cm³/mol. The second kappa shape index (κ2) is 5.40. The van der Waals surface area contributed by atoms with Gasteiger partial charge in [-0.25, -0.2) is 4.79 Å². The second-order valence-electron chi connectivity index (χ2n) is 4.56. The molecule has 1 fully saturated rings. The Kier molecular flexibility index (Phi) is 3.99. The van der Waals surface area contributed by atoms with Gasteiger partial charge in [0.15, 0.2) is 0 Å². The second-order valence-corrected chi connectivity index (χ2v) is 4.97. The van der Waals surface area contributed by atoms with Crippen LogP contribution in [0.3, 0.4) is 0 Å². The maximum atomic E-state index is 12.4. The first-order valence-electron chi connectivity index (χ1n) is 5.81. The van der Waals surface area contributed by atoms with Crippen molar-refractivity contribution < 1.29 is 22.7 Å². The molecule has 1 aliphatic rings. The number of halogens is 4. The van der Waals surface area contributed by atoms with E-state index in [4.69, 9.17) is 22.1 Å². The number of benzene rings is 1. The molecule has 0 aliphatic carbocycles. The van der Waals surface area contributed by atoms with Gasteiger partial charge in [0.1, 0.15) is 5.75 Å². The highest BCUT2D eigenvalue weighted by atomic mass is 35.5. The molecule has 1 aromatic carbocycles. The van der Waals surface area contributed by atoms with E-state index in [1.807, 2.05) is 0 Å². The number of likely N-dealkylation sites (tertiary alicyclic amines) is 1. The van der Waals surface area contributed by atoms with Crippen LogP contribution in [0.2, 0.25) is 5.02 Å². The van der Waals surface area contributed by atoms with Crippen LogP contribution < -0.4 is 10.5 Å². The van der Waals surface area contributed by atoms with Gasteiger partial charge in [-0.3, -0.25) is 0 Å². The fourth-order valence-corrected chi connectivity index (χ4v) is 2.09. The zero-order chi connectivity index (χ0) is 14.9. The van der Waals surface area contributed by atoms with E-state index in [0.717, 1.165) is 12.1 Å². The molecule has 0 unspecified atom stereocenters. The number of ether oxygens (including phenoxy) is 1. The van der Waals surface area contributed by atoms with Gasteiger partial charge in [0, 0.05) is 19.0 Å². The van der Waals surface area contributed by atoms with E-state index in [2.05, 4.69) is 0 Å². The number of nitrogens with zero attached hydrogens (tertiary/aromatic N) is 1. The number of carbonyl (C=O) groups is 1. The van der Waals surface area contributed by atoms with Crippen LogP contribution in [-0.4, -0.2) is 30.6 Å². The van der Waals surface area contributed by atoms with Crippen molar-refractivity contribution in [2.45, 2.75) is 6.18 Å². The number of urea groups is 1. The molecule has 2 N–H and O–H groups in total. The van der Waals surface area contributed by atoms with Gasteiger partial charge in [-0.1, -0.05) is 11.6 Å². The first-order valence-corrected chi connectivity index (χ1v) is 6.19. The Morgan fingerprint density at radius 2 is 2.10 bits per heavy atom. The molecule has 0 atom stereocenters. The Balaban J connectivity index is 1.90. The first-order chi connectivity index (χ1) is 9.27. The Bertz CT molecular complexity index is 516. The van der Waals surface area contributed by atoms with Crippen molar-refractivity contribution >= 4 is 17.6 Å². The maximum Gasteiger partial charge on any atom is 0.416 e. The third-order valence-corrected chi connectivity index (χ3v) is 3.30. The third kappa shape index (κ3) is 3.27. The van der Waals surface area contributed by atoms with E-state index in [1.54, 1.807) is 0 Å². The Labute approximate surface area is 118 Å². The van der Waals surface area contributed by atoms with E-state index in [-0.39, 0.29) is 23.3 Å². The SMILES string of the molecule is NC(=O)N1CC(COc2ccc(C(F)(F)F)cc2Cl)C1. The number of nitrogens with two attached hydrogens (primary N) is 1. The summed E-state index contributed by atoms with van der Waals surface area (Å²) >= 11 is 5.75. The Morgan fingerprint density at radius 1 is 1.45 bits per heavy atom. The number of hydrogen-bond acceptors (Lipinski definition) is 2. The molecule has 8 heteroatoms. The highest BCUT2D eigenvalue weighted by Gasteiger charge is 2.32. The first kappa shape index (κ1) is 14.8. The molecule has 1 saturated heterocycles. The summed E-state index contributed by atoms with van der Waals surface area (Å²) < 4.78 is 42.7. The van der Waals surface area contributed by atoms with Crippen LogP contribution in [-0.2, 0) is 6.18 Å². The van der Waals surface area contributed by atoms with E-state index in [1.165, 1.54) is 11.0 Å². The van der Waals surface area contributed by atoms with Gasteiger partial charge in [0.2, 0.25) is 0 Å². The molecule has 0 bridgehead atoms. The van der Waals surface area contributed by atoms with Crippen molar-refractivity contribution in [2.75, 3.05) is 19.7 Å². The predicted octanol–water partition coefficient (Wildman–Crippen LogP) is 2.75. The number of alkyl halides is 3. The summed E-state index contributed by atoms with van der Waals surface area (Å²) in [5.41, 5.74) is 4.25. The lowest BCUT2D eigenvalue weighted by Crippen LogP contribution is -2.54. The number of amides is 2. The molecular weight excluding hydrogens is 297 g/mol. The van der Waals surface area contributed by atoms with Crippen molar-refractivity contribution in [3.05, 3.63) is 28.8 Å². The fourth-order valence-electron chi connectivity index (χ4n) is 1.86. The minimum atomic E-state index is -4.43. The van der Waals surface area contributed by atoms with Crippen molar-refractivity contribution in [3.63, 3.8) is 0 Å². The van der Waals surface area contributed by atoms with Crippen LogP contribution in [0.15, 0.2) is 18.2 Å². The highest BCUT2D eigenvalue weighted by molar-refractivity contribution is 6.32. The van der Waals surface area contributed by atoms with Crippen LogP contribution in [0.5, 0.6) is 5.75 Å². The maximum absolute atomic E-state index is 12.4. The quantitative estimate of drug-likeness (QED) is 0.933. The molecule has 2 amide bonds. The number of hydrogen-bond donors (Lipinski definition) is 1. The summed E-state index contributed by atoms with van der Waals surface area (Å²) in [5, 5.41) is -0.0918. The van der Waals surface area contributed by atoms with Crippen molar-refractivity contribution in [2.24, 2.45) is 11.7 Å². The smallest absolute Gasteiger partial charge is 0.416 e. The molecule has 1 aromatic rings. The molecule has 110 valence electrons. The minimum Gasteiger partial charge on any atom is -0.492 e. The molecule has 0 aromatic heterocycles. The topological polar surface area (TPSA) is 55.6 Å². The fraction of sp³-hybridized carbons (Fsp3) is 0.417. The molecule has 1 aliphatic heterocycles. The lowest BCUT2D eigenvalue weighted by Gasteiger charge is -2.37. The van der Waals surface area contributed by atoms with E-state index >= 15 is 0 Å². The molecule has 20 heavy (non-hydrogen) atoms. The molecule has 4 nitrogen and oxygen atoms in total. The lowest BCUT2D eigenvalue weighted by molar-refractivity contribution is -0.137. The van der Waals surface area contributed by atoms with Gasteiger partial charge in [-0.05, 0) is 18.2 Å². The minimum absolute atomic E-state index is 0.0918. The third-order valence-electron chi connectivity index (χ3n) is 3.00. The van der Waals surface area contributed by atoms with Gasteiger partial charge in [0.05, 0.1) is 17.2 Å². The van der Waals surface area contributed by atoms with Crippen molar-refractivity contribution in [3.8, 4) is 5.75 Å². The molecular formula is C12H12ClF3N2O2. The van der Waals surface area contributed by atoms with Crippen LogP contribution in [0.1, 0.15) is 5.56 Å². The zero-order valence-electron chi connectivity index (χ0n) is 10.3. The van der Waals surface area contributed by atoms with E-state index in [9.17, 15) is 18.0 Å². The molecule has 1 heterocycles. The van der Waals surface area contributed by atoms with Crippen molar-refractivity contribution in [1.82, 2.24) is 4.90 Å². The average molecular weight is 309 g/mol. The molecule has 0 saturated carbocycles. The summed E-state index contributed by atoms with van der Waals surface area (Å²) in [6.07, 6.45) is -4.43. The number of carbonyl (C=O) groups excluding carboxylic acids is 1. The Hall–Kier alpha value is -1.63. The summed E-state index contributed by atoms with van der Waals surface area (Å²) in [7, 11) is 0. The van der Waals surface area contributed by atoms with Gasteiger partial charge < -0.3 is 15.4 Å². The Morgan fingerprint density at radius 3 is 2.60 bits per heavy atom. The van der Waals surface area contributed by atoms with Crippen LogP contribution >= 0.6 is 11.6 Å². The number of rotatable bonds is 3. The van der Waals surface area contributed by atoms with E-state index in [0.29, 0.717) is 13.1 Å². The van der Waals surface area contributed by atoms with Crippen LogP contribution in [0.4, 0.5) is 18.0 Å². The van der Waals surface area contributed by atoms with Gasteiger partial charge in [-0.15, -0.1) is 0 Å². The summed E-state index contributed by atoms with van der Waals surface area (Å²) in [4.78, 5) is 12.2. The van der Waals surface area contributed by atoms with Gasteiger partial charge in [0.25, 0.3) is 0 Å². The lowest BCUT2D eigenvalue weighted by atomic mass is 10.0. The standard InChI is InChI=1S/C12H12ClF3N2O2/c13-9-3-8(12(14,15)16)1-2-10(9)20-6-7-4-18(5-7)11(17)19/h1-3,7H,4-6H2,(H2,17,19). The average Bonchev–Trinajstić information content (AvgIpc) is 2.26. The molecule has 0 spiro atoms. The summed E-state index contributed by atoms with van der Waals surface area (Å²) in [6, 6.07) is 2.44. The summed E-state index contributed by atoms with van der Waals surface area (Å²) in [6.45, 7) is 1.23. The van der Waals surface area contributed by atoms with Crippen LogP contribution in [0.25, 0.3) is 0 Å². The molecule has 2 rings (SSSR count). The summed E-state index contributed by atoms with van der Waals surface area (Å²) in [5.74, 6) is 0.304. The number of primary amides is 1. The zero-order valence-corrected chi connectivity index (χ0v) is 11.0. The van der Waals surface area contributed by atoms with Crippen LogP contribution in [0, 0.1) is 5.92 Å². The normalized spacial score (nSPS) is 15.9. The van der Waals surface area contributed by atoms with Crippen molar-refractivity contribution in [1.29, 1.82) is 0 Å². The molecule has 0 radical (unpaired) electrons.